The van der Waals surface area contributed by atoms with Gasteiger partial charge in [0.05, 0.1) is 25.3 Å². The number of halogens is 1. The molecule has 2 aromatic carbocycles. The Bertz CT molecular complexity index is 909. The molecule has 9 nitrogen and oxygen atoms in total. The number of carbonyl (C=O) groups excluding carboxylic acids is 3. The summed E-state index contributed by atoms with van der Waals surface area (Å²) in [6.45, 7) is -0.454. The Morgan fingerprint density at radius 2 is 1.52 bits per heavy atom. The van der Waals surface area contributed by atoms with Gasteiger partial charge >= 0.3 is 11.9 Å². The van der Waals surface area contributed by atoms with Crippen molar-refractivity contribution in [3.8, 4) is 0 Å². The molecule has 0 saturated heterocycles. The number of hydrogen-bond donors (Lipinski definition) is 2. The lowest BCUT2D eigenvalue weighted by molar-refractivity contribution is -0.120. The molecule has 0 aliphatic carbocycles. The molecule has 0 saturated carbocycles. The fraction of sp³-hybridized carbons (Fsp3) is 0.158. The van der Waals surface area contributed by atoms with E-state index in [1.165, 1.54) is 32.4 Å². The summed E-state index contributed by atoms with van der Waals surface area (Å²) in [4.78, 5) is 40.6. The lowest BCUT2D eigenvalue weighted by atomic mass is 10.1. The molecule has 0 unspecified atom stereocenters. The van der Waals surface area contributed by atoms with Crippen LogP contribution in [0.4, 0.5) is 5.69 Å². The highest BCUT2D eigenvalue weighted by atomic mass is 35.5. The van der Waals surface area contributed by atoms with Crippen LogP contribution in [0.1, 0.15) is 26.3 Å². The molecular formula is C19H18ClN3O6. The Kier molecular flexibility index (Phi) is 7.55. The zero-order chi connectivity index (χ0) is 21.4. The normalized spacial score (nSPS) is 10.8. The van der Waals surface area contributed by atoms with Crippen molar-refractivity contribution in [2.75, 3.05) is 26.1 Å². The molecule has 0 radical (unpaired) electrons. The van der Waals surface area contributed by atoms with Gasteiger partial charge in [0.2, 0.25) is 0 Å². The molecule has 0 aromatic heterocycles. The largest absolute Gasteiger partial charge is 0.465 e. The molecule has 0 spiro atoms. The molecule has 10 heteroatoms. The van der Waals surface area contributed by atoms with Crippen molar-refractivity contribution in [3.05, 3.63) is 64.2 Å². The van der Waals surface area contributed by atoms with Gasteiger partial charge in [-0.3, -0.25) is 4.79 Å². The predicted molar refractivity (Wildman–Crippen MR) is 106 cm³/mol. The van der Waals surface area contributed by atoms with Crippen LogP contribution in [0.25, 0.3) is 0 Å². The molecule has 3 N–H and O–H groups in total. The van der Waals surface area contributed by atoms with Crippen molar-refractivity contribution >= 4 is 41.0 Å². The number of benzene rings is 2. The molecule has 0 fully saturated rings. The third-order valence-electron chi connectivity index (χ3n) is 3.56. The maximum atomic E-state index is 12.1. The topological polar surface area (TPSA) is 129 Å². The molecule has 0 bridgehead atoms. The number of hydrogen-bond acceptors (Lipinski definition) is 7. The van der Waals surface area contributed by atoms with Crippen molar-refractivity contribution < 1.29 is 28.7 Å². The quantitative estimate of drug-likeness (QED) is 0.304. The molecule has 152 valence electrons. The van der Waals surface area contributed by atoms with Crippen LogP contribution in [0.2, 0.25) is 5.02 Å². The average molecular weight is 420 g/mol. The SMILES string of the molecule is COC(=O)c1cc(NC(=O)CO/N=C(\N)c2ccc(Cl)cc2)cc(C(=O)OC)c1. The summed E-state index contributed by atoms with van der Waals surface area (Å²) in [7, 11) is 2.39. The smallest absolute Gasteiger partial charge is 0.337 e. The number of rotatable bonds is 7. The molecule has 2 aromatic rings. The van der Waals surface area contributed by atoms with E-state index < -0.39 is 24.5 Å². The van der Waals surface area contributed by atoms with Gasteiger partial charge < -0.3 is 25.4 Å². The molecule has 29 heavy (non-hydrogen) atoms. The van der Waals surface area contributed by atoms with Crippen LogP contribution in [0.5, 0.6) is 0 Å². The van der Waals surface area contributed by atoms with E-state index in [9.17, 15) is 14.4 Å². The fourth-order valence-corrected chi connectivity index (χ4v) is 2.33. The third kappa shape index (κ3) is 6.22. The molecule has 0 aliphatic rings. The van der Waals surface area contributed by atoms with Crippen LogP contribution in [0.3, 0.4) is 0 Å². The molecular weight excluding hydrogens is 402 g/mol. The van der Waals surface area contributed by atoms with Crippen molar-refractivity contribution in [2.24, 2.45) is 10.9 Å². The molecule has 0 heterocycles. The Morgan fingerprint density at radius 1 is 0.966 bits per heavy atom. The highest BCUT2D eigenvalue weighted by molar-refractivity contribution is 6.30. The summed E-state index contributed by atoms with van der Waals surface area (Å²) in [5, 5.41) is 6.70. The van der Waals surface area contributed by atoms with E-state index in [4.69, 9.17) is 22.2 Å². The van der Waals surface area contributed by atoms with E-state index >= 15 is 0 Å². The van der Waals surface area contributed by atoms with Gasteiger partial charge in [0, 0.05) is 16.3 Å². The van der Waals surface area contributed by atoms with Crippen LogP contribution < -0.4 is 11.1 Å². The Morgan fingerprint density at radius 3 is 2.03 bits per heavy atom. The van der Waals surface area contributed by atoms with Gasteiger partial charge in [-0.1, -0.05) is 16.8 Å². The summed E-state index contributed by atoms with van der Waals surface area (Å²) in [6, 6.07) is 10.6. The maximum Gasteiger partial charge on any atom is 0.337 e. The minimum absolute atomic E-state index is 0.0649. The number of anilines is 1. The van der Waals surface area contributed by atoms with E-state index in [1.54, 1.807) is 24.3 Å². The summed E-state index contributed by atoms with van der Waals surface area (Å²) in [6.07, 6.45) is 0. The zero-order valence-electron chi connectivity index (χ0n) is 15.6. The summed E-state index contributed by atoms with van der Waals surface area (Å²) in [5.74, 6) is -1.88. The molecule has 0 aliphatic heterocycles. The second kappa shape index (κ2) is 10.1. The molecule has 0 atom stereocenters. The highest BCUT2D eigenvalue weighted by Crippen LogP contribution is 2.17. The maximum absolute atomic E-state index is 12.1. The van der Waals surface area contributed by atoms with Gasteiger partial charge in [-0.2, -0.15) is 0 Å². The van der Waals surface area contributed by atoms with Gasteiger partial charge in [0.15, 0.2) is 12.4 Å². The Hall–Kier alpha value is -3.59. The first-order valence-electron chi connectivity index (χ1n) is 8.17. The molecule has 1 amide bonds. The van der Waals surface area contributed by atoms with Crippen molar-refractivity contribution in [1.82, 2.24) is 0 Å². The van der Waals surface area contributed by atoms with E-state index in [1.807, 2.05) is 0 Å². The van der Waals surface area contributed by atoms with Gasteiger partial charge in [-0.15, -0.1) is 0 Å². The lowest BCUT2D eigenvalue weighted by Gasteiger charge is -2.09. The number of carbonyl (C=O) groups is 3. The van der Waals surface area contributed by atoms with Gasteiger partial charge in [0.25, 0.3) is 5.91 Å². The number of amidine groups is 1. The first kappa shape index (κ1) is 21.7. The lowest BCUT2D eigenvalue weighted by Crippen LogP contribution is -2.20. The highest BCUT2D eigenvalue weighted by Gasteiger charge is 2.15. The number of oxime groups is 1. The van der Waals surface area contributed by atoms with E-state index in [-0.39, 0.29) is 22.6 Å². The second-order valence-corrected chi connectivity index (χ2v) is 6.02. The second-order valence-electron chi connectivity index (χ2n) is 5.59. The first-order chi connectivity index (χ1) is 13.8. The number of methoxy groups -OCH3 is 2. The van der Waals surface area contributed by atoms with Crippen LogP contribution >= 0.6 is 11.6 Å². The minimum atomic E-state index is -0.678. The summed E-state index contributed by atoms with van der Waals surface area (Å²) < 4.78 is 9.27. The van der Waals surface area contributed by atoms with Crippen molar-refractivity contribution in [1.29, 1.82) is 0 Å². The van der Waals surface area contributed by atoms with Crippen LogP contribution in [-0.2, 0) is 19.1 Å². The number of esters is 2. The van der Waals surface area contributed by atoms with E-state index in [2.05, 4.69) is 19.9 Å². The van der Waals surface area contributed by atoms with Crippen molar-refractivity contribution in [3.63, 3.8) is 0 Å². The number of nitrogens with two attached hydrogens (primary N) is 1. The number of amides is 1. The number of nitrogens with zero attached hydrogens (tertiary/aromatic N) is 1. The zero-order valence-corrected chi connectivity index (χ0v) is 16.4. The third-order valence-corrected chi connectivity index (χ3v) is 3.81. The summed E-state index contributed by atoms with van der Waals surface area (Å²) in [5.41, 5.74) is 6.65. The van der Waals surface area contributed by atoms with Gasteiger partial charge in [-0.25, -0.2) is 9.59 Å². The average Bonchev–Trinajstić information content (AvgIpc) is 2.72. The number of ether oxygens (including phenoxy) is 2. The van der Waals surface area contributed by atoms with Gasteiger partial charge in [-0.05, 0) is 42.5 Å². The number of nitrogens with one attached hydrogen (secondary N) is 1. The van der Waals surface area contributed by atoms with Gasteiger partial charge in [0.1, 0.15) is 0 Å². The van der Waals surface area contributed by atoms with Crippen LogP contribution in [0.15, 0.2) is 47.6 Å². The standard InChI is InChI=1S/C19H18ClN3O6/c1-27-18(25)12-7-13(19(26)28-2)9-15(8-12)22-16(24)10-29-23-17(21)11-3-5-14(20)6-4-11/h3-9H,10H2,1-2H3,(H2,21,23)(H,22,24). The summed E-state index contributed by atoms with van der Waals surface area (Å²) >= 11 is 5.80. The van der Waals surface area contributed by atoms with Crippen LogP contribution in [0, 0.1) is 0 Å². The van der Waals surface area contributed by atoms with E-state index in [0.717, 1.165) is 0 Å². The Balaban J connectivity index is 2.05. The van der Waals surface area contributed by atoms with Crippen LogP contribution in [-0.4, -0.2) is 44.5 Å². The molecule has 2 rings (SSSR count). The monoisotopic (exact) mass is 419 g/mol. The fourth-order valence-electron chi connectivity index (χ4n) is 2.20. The Labute approximate surface area is 171 Å². The predicted octanol–water partition coefficient (Wildman–Crippen LogP) is 2.19. The van der Waals surface area contributed by atoms with Crippen molar-refractivity contribution in [2.45, 2.75) is 0 Å². The van der Waals surface area contributed by atoms with E-state index in [0.29, 0.717) is 10.6 Å². The first-order valence-corrected chi connectivity index (χ1v) is 8.54. The minimum Gasteiger partial charge on any atom is -0.465 e.